The number of hydrogen-bond donors (Lipinski definition) is 1. The van der Waals surface area contributed by atoms with Gasteiger partial charge < -0.3 is 14.6 Å². The zero-order valence-corrected chi connectivity index (χ0v) is 20.0. The van der Waals surface area contributed by atoms with Gasteiger partial charge in [-0.3, -0.25) is 9.69 Å². The molecule has 2 aromatic carbocycles. The van der Waals surface area contributed by atoms with E-state index in [1.807, 2.05) is 18.2 Å². The van der Waals surface area contributed by atoms with E-state index in [2.05, 4.69) is 53.4 Å². The Kier molecular flexibility index (Phi) is 9.31. The highest BCUT2D eigenvalue weighted by Gasteiger charge is 2.41. The Labute approximate surface area is 203 Å². The third kappa shape index (κ3) is 7.02. The largest absolute Gasteiger partial charge is 0.481 e. The predicted molar refractivity (Wildman–Crippen MR) is 135 cm³/mol. The lowest BCUT2D eigenvalue weighted by Gasteiger charge is -2.36. The van der Waals surface area contributed by atoms with Crippen molar-refractivity contribution in [3.8, 4) is 11.1 Å². The highest BCUT2D eigenvalue weighted by Crippen LogP contribution is 2.32. The van der Waals surface area contributed by atoms with Gasteiger partial charge in [-0.1, -0.05) is 73.2 Å². The van der Waals surface area contributed by atoms with Crippen LogP contribution in [0.5, 0.6) is 0 Å². The molecule has 1 N–H and O–H groups in total. The molecule has 0 radical (unpaired) electrons. The average molecular weight is 464 g/mol. The van der Waals surface area contributed by atoms with E-state index in [0.29, 0.717) is 25.7 Å². The fraction of sp³-hybridized carbons (Fsp3) is 0.483. The molecule has 34 heavy (non-hydrogen) atoms. The number of ether oxygens (including phenoxy) is 2. The SMILES string of the molecule is O=C(O)CC/C=C\CO[C@@H]1C(OCc2ccc(-c3ccccc3)cc2)CC[C@@H]1N1CCCCC1. The van der Waals surface area contributed by atoms with Gasteiger partial charge in [-0.25, -0.2) is 0 Å². The summed E-state index contributed by atoms with van der Waals surface area (Å²) >= 11 is 0. The van der Waals surface area contributed by atoms with Crippen molar-refractivity contribution in [2.45, 2.75) is 69.8 Å². The van der Waals surface area contributed by atoms with Crippen LogP contribution in [0, 0.1) is 0 Å². The summed E-state index contributed by atoms with van der Waals surface area (Å²) in [6.45, 7) is 3.38. The van der Waals surface area contributed by atoms with Gasteiger partial charge >= 0.3 is 5.97 Å². The topological polar surface area (TPSA) is 59.0 Å². The Morgan fingerprint density at radius 2 is 1.65 bits per heavy atom. The van der Waals surface area contributed by atoms with Crippen molar-refractivity contribution in [3.05, 3.63) is 72.3 Å². The summed E-state index contributed by atoms with van der Waals surface area (Å²) < 4.78 is 12.8. The minimum absolute atomic E-state index is 0.0471. The lowest BCUT2D eigenvalue weighted by molar-refractivity contribution is -0.136. The number of nitrogens with zero attached hydrogens (tertiary/aromatic N) is 1. The summed E-state index contributed by atoms with van der Waals surface area (Å²) in [7, 11) is 0. The maximum atomic E-state index is 10.7. The van der Waals surface area contributed by atoms with Gasteiger partial charge in [-0.2, -0.15) is 0 Å². The van der Waals surface area contributed by atoms with E-state index in [4.69, 9.17) is 14.6 Å². The molecule has 4 rings (SSSR count). The van der Waals surface area contributed by atoms with Crippen LogP contribution in [0.1, 0.15) is 50.5 Å². The number of piperidine rings is 1. The van der Waals surface area contributed by atoms with Gasteiger partial charge in [0.05, 0.1) is 25.4 Å². The molecule has 0 amide bonds. The number of carboxylic acids is 1. The van der Waals surface area contributed by atoms with Crippen LogP contribution in [0.15, 0.2) is 66.7 Å². The summed E-state index contributed by atoms with van der Waals surface area (Å²) in [6.07, 6.45) is 10.6. The summed E-state index contributed by atoms with van der Waals surface area (Å²) in [5.74, 6) is -0.767. The molecule has 1 heterocycles. The first kappa shape index (κ1) is 24.6. The van der Waals surface area contributed by atoms with Crippen molar-refractivity contribution in [1.82, 2.24) is 4.90 Å². The van der Waals surface area contributed by atoms with E-state index in [1.54, 1.807) is 0 Å². The third-order valence-electron chi connectivity index (χ3n) is 6.95. The second-order valence-electron chi connectivity index (χ2n) is 9.36. The molecule has 1 unspecified atom stereocenters. The van der Waals surface area contributed by atoms with Crippen LogP contribution in [-0.2, 0) is 20.9 Å². The van der Waals surface area contributed by atoms with Crippen molar-refractivity contribution in [2.75, 3.05) is 19.7 Å². The minimum Gasteiger partial charge on any atom is -0.481 e. The van der Waals surface area contributed by atoms with Crippen molar-refractivity contribution >= 4 is 5.97 Å². The first-order valence-electron chi connectivity index (χ1n) is 12.7. The molecule has 0 aromatic heterocycles. The molecule has 2 aromatic rings. The van der Waals surface area contributed by atoms with Crippen molar-refractivity contribution in [2.24, 2.45) is 0 Å². The molecule has 0 bridgehead atoms. The molecule has 2 aliphatic rings. The molecule has 5 nitrogen and oxygen atoms in total. The van der Waals surface area contributed by atoms with E-state index in [-0.39, 0.29) is 18.6 Å². The normalized spacial score (nSPS) is 23.5. The number of carbonyl (C=O) groups is 1. The highest BCUT2D eigenvalue weighted by molar-refractivity contribution is 5.66. The van der Waals surface area contributed by atoms with Gasteiger partial charge in [0.15, 0.2) is 0 Å². The van der Waals surface area contributed by atoms with Gasteiger partial charge in [0.2, 0.25) is 0 Å². The number of likely N-dealkylation sites (tertiary alicyclic amines) is 1. The standard InChI is InChI=1S/C29H37NO4/c31-28(32)12-6-2-9-21-33-29-26(30-19-7-3-8-20-30)17-18-27(29)34-22-23-13-15-25(16-14-23)24-10-4-1-5-11-24/h1-2,4-5,9-11,13-16,26-27,29H,3,6-8,12,17-22H2,(H,31,32)/b9-2-/t26-,27?,29-/m0/s1. The maximum Gasteiger partial charge on any atom is 0.303 e. The zero-order chi connectivity index (χ0) is 23.6. The second-order valence-corrected chi connectivity index (χ2v) is 9.36. The lowest BCUT2D eigenvalue weighted by atomic mass is 10.0. The molecule has 1 aliphatic carbocycles. The molecule has 3 atom stereocenters. The fourth-order valence-corrected chi connectivity index (χ4v) is 5.13. The van der Waals surface area contributed by atoms with Crippen molar-refractivity contribution in [3.63, 3.8) is 0 Å². The van der Waals surface area contributed by atoms with E-state index in [1.165, 1.54) is 36.0 Å². The number of allylic oxidation sites excluding steroid dienone is 1. The maximum absolute atomic E-state index is 10.7. The number of benzene rings is 2. The Balaban J connectivity index is 1.34. The quantitative estimate of drug-likeness (QED) is 0.434. The predicted octanol–water partition coefficient (Wildman–Crippen LogP) is 5.69. The Morgan fingerprint density at radius 1 is 0.912 bits per heavy atom. The molecular weight excluding hydrogens is 426 g/mol. The number of carboxylic acid groups (broad SMARTS) is 1. The van der Waals surface area contributed by atoms with Gasteiger partial charge in [-0.15, -0.1) is 0 Å². The molecule has 2 fully saturated rings. The van der Waals surface area contributed by atoms with E-state index < -0.39 is 5.97 Å². The molecule has 1 saturated heterocycles. The summed E-state index contributed by atoms with van der Waals surface area (Å²) in [4.78, 5) is 13.3. The Morgan fingerprint density at radius 3 is 2.38 bits per heavy atom. The molecule has 1 aliphatic heterocycles. The van der Waals surface area contributed by atoms with Crippen LogP contribution in [0.3, 0.4) is 0 Å². The van der Waals surface area contributed by atoms with Crippen LogP contribution < -0.4 is 0 Å². The number of hydrogen-bond acceptors (Lipinski definition) is 4. The molecule has 0 spiro atoms. The smallest absolute Gasteiger partial charge is 0.303 e. The van der Waals surface area contributed by atoms with Crippen LogP contribution in [0.25, 0.3) is 11.1 Å². The molecular formula is C29H37NO4. The van der Waals surface area contributed by atoms with Gasteiger partial charge in [0, 0.05) is 12.5 Å². The fourth-order valence-electron chi connectivity index (χ4n) is 5.13. The molecule has 182 valence electrons. The lowest BCUT2D eigenvalue weighted by Crippen LogP contribution is -2.47. The van der Waals surface area contributed by atoms with Crippen molar-refractivity contribution in [1.29, 1.82) is 0 Å². The number of rotatable bonds is 11. The second kappa shape index (κ2) is 12.8. The van der Waals surface area contributed by atoms with Crippen molar-refractivity contribution < 1.29 is 19.4 Å². The highest BCUT2D eigenvalue weighted by atomic mass is 16.5. The van der Waals surface area contributed by atoms with E-state index >= 15 is 0 Å². The zero-order valence-electron chi connectivity index (χ0n) is 20.0. The first-order valence-corrected chi connectivity index (χ1v) is 12.7. The van der Waals surface area contributed by atoms with Gasteiger partial charge in [-0.05, 0) is 61.9 Å². The van der Waals surface area contributed by atoms with Gasteiger partial charge in [0.1, 0.15) is 0 Å². The average Bonchev–Trinajstić information content (AvgIpc) is 3.28. The van der Waals surface area contributed by atoms with Crippen LogP contribution in [0.4, 0.5) is 0 Å². The van der Waals surface area contributed by atoms with Gasteiger partial charge in [0.25, 0.3) is 0 Å². The minimum atomic E-state index is -0.767. The monoisotopic (exact) mass is 463 g/mol. The van der Waals surface area contributed by atoms with Crippen LogP contribution in [0.2, 0.25) is 0 Å². The molecule has 5 heteroatoms. The third-order valence-corrected chi connectivity index (χ3v) is 6.95. The van der Waals surface area contributed by atoms with E-state index in [0.717, 1.165) is 25.9 Å². The first-order chi connectivity index (χ1) is 16.7. The summed E-state index contributed by atoms with van der Waals surface area (Å²) in [6, 6.07) is 19.4. The molecule has 1 saturated carbocycles. The summed E-state index contributed by atoms with van der Waals surface area (Å²) in [5, 5.41) is 8.80. The Bertz CT molecular complexity index is 905. The van der Waals surface area contributed by atoms with Crippen LogP contribution >= 0.6 is 0 Å². The van der Waals surface area contributed by atoms with Crippen LogP contribution in [-0.4, -0.2) is 53.9 Å². The summed E-state index contributed by atoms with van der Waals surface area (Å²) in [5.41, 5.74) is 3.61. The van der Waals surface area contributed by atoms with E-state index in [9.17, 15) is 4.79 Å². The number of aliphatic carboxylic acids is 1. The Hall–Kier alpha value is -2.47.